The minimum absolute atomic E-state index is 0.00251. The van der Waals surface area contributed by atoms with Gasteiger partial charge in [-0.25, -0.2) is 0 Å². The van der Waals surface area contributed by atoms with E-state index in [1.807, 2.05) is 24.0 Å². The first kappa shape index (κ1) is 21.5. The lowest BCUT2D eigenvalue weighted by Crippen LogP contribution is -2.46. The van der Waals surface area contributed by atoms with Gasteiger partial charge in [-0.1, -0.05) is 0 Å². The van der Waals surface area contributed by atoms with E-state index in [2.05, 4.69) is 5.32 Å². The summed E-state index contributed by atoms with van der Waals surface area (Å²) in [5.74, 6) is 1.69. The van der Waals surface area contributed by atoms with Gasteiger partial charge in [0.1, 0.15) is 5.75 Å². The van der Waals surface area contributed by atoms with Crippen molar-refractivity contribution in [1.82, 2.24) is 10.2 Å². The van der Waals surface area contributed by atoms with Crippen molar-refractivity contribution >= 4 is 11.8 Å². The quantitative estimate of drug-likeness (QED) is 0.756. The van der Waals surface area contributed by atoms with E-state index in [1.54, 1.807) is 37.4 Å². The summed E-state index contributed by atoms with van der Waals surface area (Å²) in [6.45, 7) is 3.72. The number of amides is 2. The fourth-order valence-electron chi connectivity index (χ4n) is 3.52. The number of nitrogens with zero attached hydrogens (tertiary/aromatic N) is 1. The average molecular weight is 412 g/mol. The van der Waals surface area contributed by atoms with Crippen molar-refractivity contribution in [2.24, 2.45) is 0 Å². The molecule has 1 fully saturated rings. The molecule has 0 atom stereocenters. The highest BCUT2D eigenvalue weighted by Crippen LogP contribution is 2.27. The van der Waals surface area contributed by atoms with Crippen LogP contribution in [0, 0.1) is 0 Å². The Kier molecular flexibility index (Phi) is 7.17. The molecular formula is C23H28N2O5. The van der Waals surface area contributed by atoms with Crippen LogP contribution in [0.4, 0.5) is 0 Å². The fourth-order valence-corrected chi connectivity index (χ4v) is 3.52. The number of piperidine rings is 1. The molecule has 7 heteroatoms. The van der Waals surface area contributed by atoms with E-state index in [9.17, 15) is 9.59 Å². The van der Waals surface area contributed by atoms with Crippen LogP contribution in [0.2, 0.25) is 0 Å². The normalized spacial score (nSPS) is 14.2. The monoisotopic (exact) mass is 412 g/mol. The average Bonchev–Trinajstić information content (AvgIpc) is 2.79. The Morgan fingerprint density at radius 1 is 0.967 bits per heavy atom. The molecule has 1 aliphatic rings. The van der Waals surface area contributed by atoms with Gasteiger partial charge in [-0.15, -0.1) is 0 Å². The third kappa shape index (κ3) is 5.03. The second-order valence-corrected chi connectivity index (χ2v) is 7.07. The maximum atomic E-state index is 12.7. The molecular weight excluding hydrogens is 384 g/mol. The van der Waals surface area contributed by atoms with Gasteiger partial charge in [0.15, 0.2) is 11.5 Å². The van der Waals surface area contributed by atoms with Crippen LogP contribution in [-0.2, 0) is 0 Å². The number of likely N-dealkylation sites (tertiary alicyclic amines) is 1. The first-order valence-electron chi connectivity index (χ1n) is 10.1. The first-order chi connectivity index (χ1) is 14.5. The van der Waals surface area contributed by atoms with E-state index in [0.29, 0.717) is 55.2 Å². The molecule has 2 aromatic carbocycles. The fraction of sp³-hybridized carbons (Fsp3) is 0.391. The van der Waals surface area contributed by atoms with Crippen molar-refractivity contribution in [3.63, 3.8) is 0 Å². The lowest BCUT2D eigenvalue weighted by molar-refractivity contribution is 0.0698. The Hall–Kier alpha value is -3.22. The van der Waals surface area contributed by atoms with Crippen LogP contribution in [-0.4, -0.2) is 56.7 Å². The predicted molar refractivity (Wildman–Crippen MR) is 114 cm³/mol. The Labute approximate surface area is 176 Å². The number of carbonyl (C=O) groups is 2. The van der Waals surface area contributed by atoms with Crippen LogP contribution in [0.25, 0.3) is 0 Å². The van der Waals surface area contributed by atoms with Gasteiger partial charge in [0, 0.05) is 30.3 Å². The van der Waals surface area contributed by atoms with Gasteiger partial charge in [0.2, 0.25) is 0 Å². The number of ether oxygens (including phenoxy) is 3. The zero-order valence-electron chi connectivity index (χ0n) is 17.6. The molecule has 30 heavy (non-hydrogen) atoms. The molecule has 0 aromatic heterocycles. The Morgan fingerprint density at radius 3 is 2.20 bits per heavy atom. The molecule has 1 aliphatic heterocycles. The summed E-state index contributed by atoms with van der Waals surface area (Å²) < 4.78 is 15.9. The highest BCUT2D eigenvalue weighted by atomic mass is 16.5. The number of nitrogens with one attached hydrogen (secondary N) is 1. The molecule has 1 N–H and O–H groups in total. The molecule has 0 aliphatic carbocycles. The van der Waals surface area contributed by atoms with Crippen molar-refractivity contribution in [3.05, 3.63) is 53.6 Å². The number of hydrogen-bond acceptors (Lipinski definition) is 5. The summed E-state index contributed by atoms with van der Waals surface area (Å²) >= 11 is 0. The zero-order valence-corrected chi connectivity index (χ0v) is 17.6. The summed E-state index contributed by atoms with van der Waals surface area (Å²) in [6.07, 6.45) is 1.42. The second kappa shape index (κ2) is 10.0. The maximum absolute atomic E-state index is 12.7. The van der Waals surface area contributed by atoms with Crippen LogP contribution >= 0.6 is 0 Å². The lowest BCUT2D eigenvalue weighted by Gasteiger charge is -2.32. The van der Waals surface area contributed by atoms with E-state index in [0.717, 1.165) is 5.75 Å². The molecule has 3 rings (SSSR count). The Bertz CT molecular complexity index is 874. The lowest BCUT2D eigenvalue weighted by atomic mass is 10.0. The molecule has 0 unspecified atom stereocenters. The van der Waals surface area contributed by atoms with Crippen LogP contribution < -0.4 is 19.5 Å². The molecule has 0 spiro atoms. The third-order valence-corrected chi connectivity index (χ3v) is 5.18. The van der Waals surface area contributed by atoms with Gasteiger partial charge in [-0.05, 0) is 62.2 Å². The summed E-state index contributed by atoms with van der Waals surface area (Å²) in [4.78, 5) is 27.2. The highest BCUT2D eigenvalue weighted by molar-refractivity contribution is 5.95. The molecule has 0 radical (unpaired) electrons. The number of rotatable bonds is 7. The van der Waals surface area contributed by atoms with Gasteiger partial charge >= 0.3 is 0 Å². The third-order valence-electron chi connectivity index (χ3n) is 5.18. The SMILES string of the molecule is CCOc1ccc(C(=O)N2CCC(NC(=O)c3ccc(OC)c(OC)c3)CC2)cc1. The van der Waals surface area contributed by atoms with Crippen molar-refractivity contribution < 1.29 is 23.8 Å². The maximum Gasteiger partial charge on any atom is 0.253 e. The van der Waals surface area contributed by atoms with Crippen LogP contribution in [0.1, 0.15) is 40.5 Å². The first-order valence-corrected chi connectivity index (χ1v) is 10.1. The molecule has 2 amide bonds. The molecule has 1 saturated heterocycles. The summed E-state index contributed by atoms with van der Waals surface area (Å²) in [5.41, 5.74) is 1.16. The number of hydrogen-bond donors (Lipinski definition) is 1. The summed E-state index contributed by atoms with van der Waals surface area (Å²) in [6, 6.07) is 12.3. The second-order valence-electron chi connectivity index (χ2n) is 7.07. The van der Waals surface area contributed by atoms with Gasteiger partial charge < -0.3 is 24.4 Å². The van der Waals surface area contributed by atoms with E-state index >= 15 is 0 Å². The van der Waals surface area contributed by atoms with Crippen molar-refractivity contribution in [2.45, 2.75) is 25.8 Å². The Morgan fingerprint density at radius 2 is 1.60 bits per heavy atom. The molecule has 1 heterocycles. The van der Waals surface area contributed by atoms with Gasteiger partial charge in [0.25, 0.3) is 11.8 Å². The van der Waals surface area contributed by atoms with E-state index in [4.69, 9.17) is 14.2 Å². The van der Waals surface area contributed by atoms with E-state index in [1.165, 1.54) is 7.11 Å². The van der Waals surface area contributed by atoms with Crippen molar-refractivity contribution in [2.75, 3.05) is 33.9 Å². The van der Waals surface area contributed by atoms with Gasteiger partial charge in [-0.2, -0.15) is 0 Å². The van der Waals surface area contributed by atoms with Gasteiger partial charge in [0.05, 0.1) is 20.8 Å². The van der Waals surface area contributed by atoms with Crippen LogP contribution in [0.15, 0.2) is 42.5 Å². The standard InChI is InChI=1S/C23H28N2O5/c1-4-30-19-8-5-16(6-9-19)23(27)25-13-11-18(12-14-25)24-22(26)17-7-10-20(28-2)21(15-17)29-3/h5-10,15,18H,4,11-14H2,1-3H3,(H,24,26). The number of benzene rings is 2. The molecule has 7 nitrogen and oxygen atoms in total. The minimum atomic E-state index is -0.160. The minimum Gasteiger partial charge on any atom is -0.494 e. The van der Waals surface area contributed by atoms with Crippen LogP contribution in [0.3, 0.4) is 0 Å². The van der Waals surface area contributed by atoms with Gasteiger partial charge in [-0.3, -0.25) is 9.59 Å². The topological polar surface area (TPSA) is 77.1 Å². The van der Waals surface area contributed by atoms with E-state index < -0.39 is 0 Å². The van der Waals surface area contributed by atoms with Crippen LogP contribution in [0.5, 0.6) is 17.2 Å². The number of methoxy groups -OCH3 is 2. The molecule has 160 valence electrons. The summed E-state index contributed by atoms with van der Waals surface area (Å²) in [5, 5.41) is 3.05. The van der Waals surface area contributed by atoms with Crippen molar-refractivity contribution in [3.8, 4) is 17.2 Å². The predicted octanol–water partition coefficient (Wildman–Crippen LogP) is 3.14. The molecule has 0 bridgehead atoms. The molecule has 2 aromatic rings. The van der Waals surface area contributed by atoms with E-state index in [-0.39, 0.29) is 17.9 Å². The highest BCUT2D eigenvalue weighted by Gasteiger charge is 2.25. The smallest absolute Gasteiger partial charge is 0.253 e. The number of carbonyl (C=O) groups excluding carboxylic acids is 2. The largest absolute Gasteiger partial charge is 0.494 e. The Balaban J connectivity index is 1.54. The molecule has 0 saturated carbocycles. The van der Waals surface area contributed by atoms with Crippen molar-refractivity contribution in [1.29, 1.82) is 0 Å². The summed E-state index contributed by atoms with van der Waals surface area (Å²) in [7, 11) is 3.09. The zero-order chi connectivity index (χ0) is 21.5.